The summed E-state index contributed by atoms with van der Waals surface area (Å²) in [5, 5.41) is 16.0. The van der Waals surface area contributed by atoms with Gasteiger partial charge in [-0.1, -0.05) is 6.07 Å². The van der Waals surface area contributed by atoms with Crippen LogP contribution >= 0.6 is 11.3 Å². The lowest BCUT2D eigenvalue weighted by Crippen LogP contribution is -2.43. The third-order valence-electron chi connectivity index (χ3n) is 4.25. The number of esters is 1. The minimum Gasteiger partial charge on any atom is -0.460 e. The molecule has 1 aliphatic rings. The van der Waals surface area contributed by atoms with Crippen LogP contribution in [0.5, 0.6) is 0 Å². The Morgan fingerprint density at radius 1 is 1.30 bits per heavy atom. The smallest absolute Gasteiger partial charge is 0.309 e. The van der Waals surface area contributed by atoms with Crippen LogP contribution in [0.15, 0.2) is 17.5 Å². The zero-order valence-electron chi connectivity index (χ0n) is 14.6. The molecule has 2 N–H and O–H groups in total. The van der Waals surface area contributed by atoms with Crippen molar-refractivity contribution in [1.82, 2.24) is 5.32 Å². The van der Waals surface area contributed by atoms with Gasteiger partial charge in [0.25, 0.3) is 0 Å². The minimum absolute atomic E-state index is 0.0186. The zero-order valence-corrected chi connectivity index (χ0v) is 15.4. The number of hydrogen-bond acceptors (Lipinski definition) is 5. The summed E-state index contributed by atoms with van der Waals surface area (Å²) >= 11 is 1.57. The fourth-order valence-corrected chi connectivity index (χ4v) is 3.72. The Hall–Kier alpha value is -0.910. The van der Waals surface area contributed by atoms with E-state index in [0.29, 0.717) is 12.6 Å². The molecule has 1 aromatic heterocycles. The Labute approximate surface area is 143 Å². The quantitative estimate of drug-likeness (QED) is 0.807. The lowest BCUT2D eigenvalue weighted by Gasteiger charge is -2.32. The van der Waals surface area contributed by atoms with Crippen molar-refractivity contribution in [1.29, 1.82) is 0 Å². The predicted octanol–water partition coefficient (Wildman–Crippen LogP) is 3.45. The van der Waals surface area contributed by atoms with E-state index in [4.69, 9.17) is 4.74 Å². The molecule has 130 valence electrons. The predicted molar refractivity (Wildman–Crippen MR) is 93.5 cm³/mol. The summed E-state index contributed by atoms with van der Waals surface area (Å²) in [6.45, 7) is 8.10. The van der Waals surface area contributed by atoms with Gasteiger partial charge >= 0.3 is 5.97 Å². The van der Waals surface area contributed by atoms with E-state index in [1.807, 2.05) is 45.2 Å². The van der Waals surface area contributed by atoms with Crippen LogP contribution in [0.1, 0.15) is 58.3 Å². The summed E-state index contributed by atoms with van der Waals surface area (Å²) in [5.41, 5.74) is -1.25. The molecule has 0 aromatic carbocycles. The van der Waals surface area contributed by atoms with E-state index in [1.165, 1.54) is 0 Å². The lowest BCUT2D eigenvalue weighted by molar-refractivity contribution is -0.161. The van der Waals surface area contributed by atoms with Crippen LogP contribution in [-0.4, -0.2) is 29.3 Å². The average molecular weight is 340 g/mol. The van der Waals surface area contributed by atoms with Crippen molar-refractivity contribution in [2.45, 2.75) is 70.6 Å². The molecular formula is C18H29NO3S. The van der Waals surface area contributed by atoms with E-state index in [-0.39, 0.29) is 11.9 Å². The third-order valence-corrected chi connectivity index (χ3v) is 5.38. The van der Waals surface area contributed by atoms with E-state index in [9.17, 15) is 9.90 Å². The SMILES string of the molecule is CC(C)(C)OC(=O)C1CCC(NCC(C)(O)c2cccs2)CC1. The number of hydrogen-bond donors (Lipinski definition) is 2. The van der Waals surface area contributed by atoms with Gasteiger partial charge in [-0.15, -0.1) is 11.3 Å². The van der Waals surface area contributed by atoms with E-state index in [2.05, 4.69) is 5.32 Å². The van der Waals surface area contributed by atoms with Crippen molar-refractivity contribution >= 4 is 17.3 Å². The molecule has 1 unspecified atom stereocenters. The molecule has 0 spiro atoms. The highest BCUT2D eigenvalue weighted by molar-refractivity contribution is 7.10. The van der Waals surface area contributed by atoms with Gasteiger partial charge in [0.05, 0.1) is 5.92 Å². The first-order valence-corrected chi connectivity index (χ1v) is 9.28. The molecular weight excluding hydrogens is 310 g/mol. The van der Waals surface area contributed by atoms with Crippen LogP contribution < -0.4 is 5.32 Å². The summed E-state index contributed by atoms with van der Waals surface area (Å²) in [7, 11) is 0. The highest BCUT2D eigenvalue weighted by Crippen LogP contribution is 2.29. The Morgan fingerprint density at radius 2 is 1.96 bits per heavy atom. The summed E-state index contributed by atoms with van der Waals surface area (Å²) in [6, 6.07) is 4.28. The molecule has 23 heavy (non-hydrogen) atoms. The third kappa shape index (κ3) is 5.59. The van der Waals surface area contributed by atoms with Crippen molar-refractivity contribution in [3.63, 3.8) is 0 Å². The number of carbonyl (C=O) groups excluding carboxylic acids is 1. The van der Waals surface area contributed by atoms with Crippen LogP contribution in [-0.2, 0) is 15.1 Å². The molecule has 4 nitrogen and oxygen atoms in total. The van der Waals surface area contributed by atoms with Gasteiger partial charge in [0.2, 0.25) is 0 Å². The maximum Gasteiger partial charge on any atom is 0.309 e. The first kappa shape index (κ1) is 18.4. The molecule has 1 aromatic rings. The van der Waals surface area contributed by atoms with Gasteiger partial charge in [0, 0.05) is 17.5 Å². The standard InChI is InChI=1S/C18H29NO3S/c1-17(2,3)22-16(20)13-7-9-14(10-8-13)19-12-18(4,21)15-6-5-11-23-15/h5-6,11,13-14,19,21H,7-10,12H2,1-4H3. The first-order valence-electron chi connectivity index (χ1n) is 8.40. The Bertz CT molecular complexity index is 497. The molecule has 1 aliphatic carbocycles. The maximum atomic E-state index is 12.1. The molecule has 1 heterocycles. The number of nitrogens with one attached hydrogen (secondary N) is 1. The van der Waals surface area contributed by atoms with Crippen molar-refractivity contribution in [2.75, 3.05) is 6.54 Å². The van der Waals surface area contributed by atoms with Crippen LogP contribution in [0.2, 0.25) is 0 Å². The molecule has 0 saturated heterocycles. The van der Waals surface area contributed by atoms with Gasteiger partial charge < -0.3 is 15.2 Å². The number of thiophene rings is 1. The zero-order chi connectivity index (χ0) is 17.1. The minimum atomic E-state index is -0.837. The number of carbonyl (C=O) groups is 1. The fraction of sp³-hybridized carbons (Fsp3) is 0.722. The summed E-state index contributed by atoms with van der Waals surface area (Å²) < 4.78 is 5.48. The molecule has 1 saturated carbocycles. The van der Waals surface area contributed by atoms with E-state index in [1.54, 1.807) is 11.3 Å². The normalized spacial score (nSPS) is 24.9. The molecule has 0 radical (unpaired) electrons. The number of aliphatic hydroxyl groups is 1. The van der Waals surface area contributed by atoms with Gasteiger partial charge in [0.1, 0.15) is 11.2 Å². The highest BCUT2D eigenvalue weighted by atomic mass is 32.1. The second-order valence-electron chi connectivity index (χ2n) is 7.71. The Kier molecular flexibility index (Phi) is 5.87. The Balaban J connectivity index is 1.76. The molecule has 0 bridgehead atoms. The Morgan fingerprint density at radius 3 is 2.48 bits per heavy atom. The van der Waals surface area contributed by atoms with E-state index >= 15 is 0 Å². The molecule has 2 rings (SSSR count). The molecule has 1 fully saturated rings. The van der Waals surface area contributed by atoms with Crippen LogP contribution in [0.4, 0.5) is 0 Å². The van der Waals surface area contributed by atoms with Crippen molar-refractivity contribution in [2.24, 2.45) is 5.92 Å². The van der Waals surface area contributed by atoms with Crippen molar-refractivity contribution < 1.29 is 14.6 Å². The van der Waals surface area contributed by atoms with Gasteiger partial charge in [-0.05, 0) is 64.8 Å². The second-order valence-corrected chi connectivity index (χ2v) is 8.66. The van der Waals surface area contributed by atoms with Gasteiger partial charge in [-0.2, -0.15) is 0 Å². The largest absolute Gasteiger partial charge is 0.460 e. The van der Waals surface area contributed by atoms with Crippen molar-refractivity contribution in [3.8, 4) is 0 Å². The second kappa shape index (κ2) is 7.32. The molecule has 1 atom stereocenters. The van der Waals surface area contributed by atoms with Crippen molar-refractivity contribution in [3.05, 3.63) is 22.4 Å². The summed E-state index contributed by atoms with van der Waals surface area (Å²) in [6.07, 6.45) is 3.61. The molecule has 0 aliphatic heterocycles. The first-order chi connectivity index (χ1) is 10.7. The topological polar surface area (TPSA) is 58.6 Å². The number of rotatable bonds is 5. The fourth-order valence-electron chi connectivity index (χ4n) is 2.93. The van der Waals surface area contributed by atoms with Crippen LogP contribution in [0.25, 0.3) is 0 Å². The molecule has 5 heteroatoms. The highest BCUT2D eigenvalue weighted by Gasteiger charge is 2.31. The lowest BCUT2D eigenvalue weighted by atomic mass is 9.85. The maximum absolute atomic E-state index is 12.1. The monoisotopic (exact) mass is 339 g/mol. The summed E-state index contributed by atoms with van der Waals surface area (Å²) in [4.78, 5) is 13.1. The van der Waals surface area contributed by atoms with E-state index in [0.717, 1.165) is 30.6 Å². The molecule has 0 amide bonds. The van der Waals surface area contributed by atoms with Crippen LogP contribution in [0.3, 0.4) is 0 Å². The van der Waals surface area contributed by atoms with Gasteiger partial charge in [-0.3, -0.25) is 4.79 Å². The number of ether oxygens (including phenoxy) is 1. The van der Waals surface area contributed by atoms with Gasteiger partial charge in [0.15, 0.2) is 0 Å². The van der Waals surface area contributed by atoms with E-state index < -0.39 is 11.2 Å². The van der Waals surface area contributed by atoms with Crippen LogP contribution in [0, 0.1) is 5.92 Å². The van der Waals surface area contributed by atoms with Gasteiger partial charge in [-0.25, -0.2) is 0 Å². The average Bonchev–Trinajstić information content (AvgIpc) is 2.99. The summed E-state index contributed by atoms with van der Waals surface area (Å²) in [5.74, 6) is -0.0494.